The van der Waals surface area contributed by atoms with E-state index in [-0.39, 0.29) is 0 Å². The van der Waals surface area contributed by atoms with Gasteiger partial charge in [-0.25, -0.2) is 10.2 Å². The Morgan fingerprint density at radius 2 is 1.62 bits per heavy atom. The van der Waals surface area contributed by atoms with Crippen LogP contribution in [0.15, 0.2) is 102 Å². The zero-order valence-electron chi connectivity index (χ0n) is 19.9. The molecule has 6 nitrogen and oxygen atoms in total. The highest BCUT2D eigenvalue weighted by Gasteiger charge is 2.20. The molecular formula is C30H22ClN3O3. The smallest absolute Gasteiger partial charge is 0.343 e. The summed E-state index contributed by atoms with van der Waals surface area (Å²) in [7, 11) is 0. The highest BCUT2D eigenvalue weighted by atomic mass is 35.5. The van der Waals surface area contributed by atoms with Gasteiger partial charge in [-0.05, 0) is 42.8 Å². The van der Waals surface area contributed by atoms with Crippen molar-refractivity contribution in [3.8, 4) is 16.9 Å². The lowest BCUT2D eigenvalue weighted by Gasteiger charge is -2.08. The number of para-hydroxylation sites is 2. The Balaban J connectivity index is 1.39. The summed E-state index contributed by atoms with van der Waals surface area (Å²) >= 11 is 6.40. The normalized spacial score (nSPS) is 11.1. The van der Waals surface area contributed by atoms with Crippen molar-refractivity contribution in [3.05, 3.63) is 124 Å². The van der Waals surface area contributed by atoms with Crippen LogP contribution in [0.25, 0.3) is 22.0 Å². The van der Waals surface area contributed by atoms with Crippen molar-refractivity contribution >= 4 is 40.6 Å². The molecule has 2 N–H and O–H groups in total. The van der Waals surface area contributed by atoms with Crippen LogP contribution in [0.3, 0.4) is 0 Å². The van der Waals surface area contributed by atoms with E-state index < -0.39 is 11.9 Å². The molecule has 0 saturated carbocycles. The van der Waals surface area contributed by atoms with Crippen LogP contribution in [-0.4, -0.2) is 23.1 Å². The molecule has 0 aliphatic rings. The summed E-state index contributed by atoms with van der Waals surface area (Å²) in [5.74, 6) is -0.586. The van der Waals surface area contributed by atoms with E-state index in [4.69, 9.17) is 16.3 Å². The Morgan fingerprint density at radius 3 is 2.41 bits per heavy atom. The Kier molecular flexibility index (Phi) is 6.83. The number of benzene rings is 4. The fraction of sp³-hybridized carbons (Fsp3) is 0.0333. The van der Waals surface area contributed by atoms with Crippen LogP contribution >= 0.6 is 11.6 Å². The number of hydrazone groups is 1. The van der Waals surface area contributed by atoms with Crippen molar-refractivity contribution in [2.45, 2.75) is 6.92 Å². The average molecular weight is 508 g/mol. The third kappa shape index (κ3) is 5.15. The molecule has 1 amide bonds. The summed E-state index contributed by atoms with van der Waals surface area (Å²) in [6.45, 7) is 1.95. The van der Waals surface area contributed by atoms with E-state index in [0.29, 0.717) is 33.1 Å². The Hall–Kier alpha value is -4.68. The van der Waals surface area contributed by atoms with Gasteiger partial charge < -0.3 is 9.72 Å². The van der Waals surface area contributed by atoms with Gasteiger partial charge in [-0.15, -0.1) is 0 Å². The minimum absolute atomic E-state index is 0.327. The molecule has 0 atom stereocenters. The van der Waals surface area contributed by atoms with Crippen molar-refractivity contribution in [3.63, 3.8) is 0 Å². The topological polar surface area (TPSA) is 83.5 Å². The van der Waals surface area contributed by atoms with Gasteiger partial charge in [-0.2, -0.15) is 5.10 Å². The van der Waals surface area contributed by atoms with Gasteiger partial charge in [0.15, 0.2) is 0 Å². The number of amides is 1. The molecule has 7 heteroatoms. The molecule has 0 aliphatic carbocycles. The minimum Gasteiger partial charge on any atom is -0.422 e. The fourth-order valence-corrected chi connectivity index (χ4v) is 4.22. The number of aromatic nitrogens is 1. The predicted octanol–water partition coefficient (Wildman–Crippen LogP) is 6.78. The minimum atomic E-state index is -0.479. The molecular weight excluding hydrogens is 486 g/mol. The maximum absolute atomic E-state index is 13.2. The lowest BCUT2D eigenvalue weighted by molar-refractivity contribution is 0.0734. The first-order valence-corrected chi connectivity index (χ1v) is 12.0. The monoisotopic (exact) mass is 507 g/mol. The molecule has 1 aromatic heterocycles. The maximum atomic E-state index is 13.2. The predicted molar refractivity (Wildman–Crippen MR) is 146 cm³/mol. The van der Waals surface area contributed by atoms with E-state index in [2.05, 4.69) is 15.5 Å². The maximum Gasteiger partial charge on any atom is 0.343 e. The molecule has 0 saturated heterocycles. The first-order chi connectivity index (χ1) is 18.0. The summed E-state index contributed by atoms with van der Waals surface area (Å²) < 4.78 is 5.58. The van der Waals surface area contributed by atoms with Gasteiger partial charge in [-0.3, -0.25) is 4.79 Å². The molecule has 5 rings (SSSR count). The van der Waals surface area contributed by atoms with Crippen molar-refractivity contribution in [1.82, 2.24) is 10.4 Å². The number of nitrogens with zero attached hydrogens (tertiary/aromatic N) is 1. The van der Waals surface area contributed by atoms with Gasteiger partial charge in [0.25, 0.3) is 5.91 Å². The van der Waals surface area contributed by atoms with Crippen LogP contribution in [0.4, 0.5) is 0 Å². The highest BCUT2D eigenvalue weighted by Crippen LogP contribution is 2.35. The van der Waals surface area contributed by atoms with Crippen molar-refractivity contribution < 1.29 is 14.3 Å². The first kappa shape index (κ1) is 24.0. The number of hydrogen-bond acceptors (Lipinski definition) is 4. The number of hydrogen-bond donors (Lipinski definition) is 2. The number of esters is 1. The number of rotatable bonds is 6. The van der Waals surface area contributed by atoms with E-state index in [1.165, 1.54) is 6.21 Å². The Morgan fingerprint density at radius 1 is 0.892 bits per heavy atom. The fourth-order valence-electron chi connectivity index (χ4n) is 4.00. The number of aromatic amines is 1. The van der Waals surface area contributed by atoms with E-state index in [1.807, 2.05) is 61.5 Å². The number of ether oxygens (including phenoxy) is 1. The number of nitrogens with one attached hydrogen (secondary N) is 2. The standard InChI is InChI=1S/C30H22ClN3O3/c1-19-14-16-21(17-15-19)30(36)37-25-13-6-5-10-22(25)18-32-34-29(35)28-26(20-8-3-2-4-9-20)23-11-7-12-24(31)27(23)33-28/h2-18,33H,1H3,(H,34,35). The molecule has 0 radical (unpaired) electrons. The van der Waals surface area contributed by atoms with Gasteiger partial charge in [0, 0.05) is 16.5 Å². The van der Waals surface area contributed by atoms with Crippen molar-refractivity contribution in [2.75, 3.05) is 0 Å². The van der Waals surface area contributed by atoms with Crippen LogP contribution in [-0.2, 0) is 0 Å². The molecule has 37 heavy (non-hydrogen) atoms. The third-order valence-electron chi connectivity index (χ3n) is 5.85. The van der Waals surface area contributed by atoms with Crippen molar-refractivity contribution in [2.24, 2.45) is 5.10 Å². The van der Waals surface area contributed by atoms with Crippen LogP contribution in [0.2, 0.25) is 5.02 Å². The number of aryl methyl sites for hydroxylation is 1. The second-order valence-corrected chi connectivity index (χ2v) is 8.80. The largest absolute Gasteiger partial charge is 0.422 e. The number of halogens is 1. The number of H-pyrrole nitrogens is 1. The molecule has 0 unspecified atom stereocenters. The van der Waals surface area contributed by atoms with Crippen LogP contribution in [0.5, 0.6) is 5.75 Å². The van der Waals surface area contributed by atoms with Gasteiger partial charge in [0.1, 0.15) is 11.4 Å². The lowest BCUT2D eigenvalue weighted by atomic mass is 10.0. The van der Waals surface area contributed by atoms with E-state index >= 15 is 0 Å². The van der Waals surface area contributed by atoms with E-state index in [1.54, 1.807) is 42.5 Å². The lowest BCUT2D eigenvalue weighted by Crippen LogP contribution is -2.19. The highest BCUT2D eigenvalue weighted by molar-refractivity contribution is 6.36. The van der Waals surface area contributed by atoms with Gasteiger partial charge in [0.2, 0.25) is 0 Å². The average Bonchev–Trinajstić information content (AvgIpc) is 3.31. The second-order valence-electron chi connectivity index (χ2n) is 8.40. The summed E-state index contributed by atoms with van der Waals surface area (Å²) in [6.07, 6.45) is 1.44. The molecule has 4 aromatic carbocycles. The van der Waals surface area contributed by atoms with Gasteiger partial charge >= 0.3 is 5.97 Å². The van der Waals surface area contributed by atoms with E-state index in [9.17, 15) is 9.59 Å². The molecule has 5 aromatic rings. The van der Waals surface area contributed by atoms with Gasteiger partial charge in [-0.1, -0.05) is 83.9 Å². The number of fused-ring (bicyclic) bond motifs is 1. The molecule has 0 fully saturated rings. The summed E-state index contributed by atoms with van der Waals surface area (Å²) in [4.78, 5) is 28.9. The molecule has 182 valence electrons. The van der Waals surface area contributed by atoms with Crippen molar-refractivity contribution in [1.29, 1.82) is 0 Å². The van der Waals surface area contributed by atoms with E-state index in [0.717, 1.165) is 22.1 Å². The van der Waals surface area contributed by atoms with Crippen LogP contribution < -0.4 is 10.2 Å². The number of carbonyl (C=O) groups excluding carboxylic acids is 2. The van der Waals surface area contributed by atoms with Crippen LogP contribution in [0, 0.1) is 6.92 Å². The number of carbonyl (C=O) groups is 2. The first-order valence-electron chi connectivity index (χ1n) is 11.6. The molecule has 1 heterocycles. The SMILES string of the molecule is Cc1ccc(C(=O)Oc2ccccc2C=NNC(=O)c2[nH]c3c(Cl)cccc3c2-c2ccccc2)cc1. The molecule has 0 aliphatic heterocycles. The second kappa shape index (κ2) is 10.5. The zero-order valence-corrected chi connectivity index (χ0v) is 20.6. The molecule has 0 spiro atoms. The van der Waals surface area contributed by atoms with Crippen LogP contribution in [0.1, 0.15) is 32.0 Å². The molecule has 0 bridgehead atoms. The summed E-state index contributed by atoms with van der Waals surface area (Å²) in [6, 6.07) is 29.2. The Bertz CT molecular complexity index is 1620. The van der Waals surface area contributed by atoms with Gasteiger partial charge in [0.05, 0.1) is 22.3 Å². The Labute approximate surface area is 218 Å². The summed E-state index contributed by atoms with van der Waals surface area (Å²) in [5, 5.41) is 5.48. The zero-order chi connectivity index (χ0) is 25.8. The third-order valence-corrected chi connectivity index (χ3v) is 6.17. The quantitative estimate of drug-likeness (QED) is 0.115. The summed E-state index contributed by atoms with van der Waals surface area (Å²) in [5.41, 5.74) is 7.21.